The number of benzene rings is 2. The first kappa shape index (κ1) is 14.1. The molecular weight excluding hydrogens is 305 g/mol. The Bertz CT molecular complexity index is 804. The van der Waals surface area contributed by atoms with E-state index >= 15 is 0 Å². The Morgan fingerprint density at radius 2 is 1.67 bits per heavy atom. The number of ketones is 1. The number of para-hydroxylation sites is 1. The fourth-order valence-corrected chi connectivity index (χ4v) is 2.83. The number of carbonyl (C=O) groups is 1. The fraction of sp³-hybridized carbons (Fsp3) is 0.0588. The van der Waals surface area contributed by atoms with Crippen molar-refractivity contribution in [2.45, 2.75) is 6.42 Å². The molecule has 3 rings (SSSR count). The van der Waals surface area contributed by atoms with Crippen LogP contribution in [0.1, 0.15) is 15.9 Å². The number of rotatable bonds is 3. The molecule has 0 radical (unpaired) electrons. The molecule has 0 spiro atoms. The van der Waals surface area contributed by atoms with Crippen molar-refractivity contribution in [3.05, 3.63) is 75.9 Å². The summed E-state index contributed by atoms with van der Waals surface area (Å²) in [7, 11) is 0. The molecule has 21 heavy (non-hydrogen) atoms. The van der Waals surface area contributed by atoms with Crippen molar-refractivity contribution >= 4 is 39.9 Å². The zero-order valence-electron chi connectivity index (χ0n) is 11.0. The second-order valence-electron chi connectivity index (χ2n) is 4.68. The highest BCUT2D eigenvalue weighted by Gasteiger charge is 2.15. The summed E-state index contributed by atoms with van der Waals surface area (Å²) < 4.78 is 0. The molecule has 0 aliphatic heterocycles. The molecule has 0 bridgehead atoms. The van der Waals surface area contributed by atoms with Gasteiger partial charge in [-0.3, -0.25) is 9.78 Å². The van der Waals surface area contributed by atoms with Gasteiger partial charge < -0.3 is 0 Å². The molecule has 2 aromatic carbocycles. The molecule has 0 saturated carbocycles. The van der Waals surface area contributed by atoms with Crippen molar-refractivity contribution in [2.24, 2.45) is 0 Å². The summed E-state index contributed by atoms with van der Waals surface area (Å²) in [5, 5.41) is 1.86. The minimum atomic E-state index is -0.0244. The zero-order chi connectivity index (χ0) is 14.8. The lowest BCUT2D eigenvalue weighted by Gasteiger charge is -2.08. The second kappa shape index (κ2) is 5.84. The van der Waals surface area contributed by atoms with Crippen LogP contribution >= 0.6 is 23.2 Å². The summed E-state index contributed by atoms with van der Waals surface area (Å²) in [6.07, 6.45) is 1.82. The maximum absolute atomic E-state index is 12.6. The van der Waals surface area contributed by atoms with Crippen LogP contribution in [0.4, 0.5) is 0 Å². The third kappa shape index (κ3) is 2.78. The van der Waals surface area contributed by atoms with E-state index in [2.05, 4.69) is 4.98 Å². The summed E-state index contributed by atoms with van der Waals surface area (Å²) in [6.45, 7) is 0. The number of halogens is 2. The lowest BCUT2D eigenvalue weighted by atomic mass is 10.00. The van der Waals surface area contributed by atoms with Crippen LogP contribution in [0.2, 0.25) is 10.0 Å². The van der Waals surface area contributed by atoms with Crippen LogP contribution in [0.3, 0.4) is 0 Å². The zero-order valence-corrected chi connectivity index (χ0v) is 12.5. The molecule has 3 aromatic rings. The van der Waals surface area contributed by atoms with Crippen molar-refractivity contribution in [2.75, 3.05) is 0 Å². The predicted octanol–water partition coefficient (Wildman–Crippen LogP) is 4.97. The monoisotopic (exact) mass is 315 g/mol. The number of fused-ring (bicyclic) bond motifs is 1. The van der Waals surface area contributed by atoms with Gasteiger partial charge >= 0.3 is 0 Å². The van der Waals surface area contributed by atoms with Gasteiger partial charge in [-0.2, -0.15) is 0 Å². The molecule has 1 aromatic heterocycles. The van der Waals surface area contributed by atoms with Crippen molar-refractivity contribution in [3.8, 4) is 0 Å². The topological polar surface area (TPSA) is 30.0 Å². The Kier molecular flexibility index (Phi) is 3.91. The third-order valence-corrected chi connectivity index (χ3v) is 4.06. The molecule has 1 heterocycles. The Labute approximate surface area is 132 Å². The Morgan fingerprint density at radius 1 is 0.952 bits per heavy atom. The summed E-state index contributed by atoms with van der Waals surface area (Å²) in [5.41, 5.74) is 2.09. The molecule has 0 amide bonds. The highest BCUT2D eigenvalue weighted by Crippen LogP contribution is 2.27. The quantitative estimate of drug-likeness (QED) is 0.639. The standard InChI is InChI=1S/C17H11Cl2NO/c18-14-5-3-6-15(19)13(14)10-17(21)12-8-9-20-16-7-2-1-4-11(12)16/h1-9H,10H2. The smallest absolute Gasteiger partial charge is 0.168 e. The van der Waals surface area contributed by atoms with Crippen molar-refractivity contribution in [3.63, 3.8) is 0 Å². The number of pyridine rings is 1. The van der Waals surface area contributed by atoms with E-state index in [4.69, 9.17) is 23.2 Å². The van der Waals surface area contributed by atoms with Gasteiger partial charge in [0.2, 0.25) is 0 Å². The minimum Gasteiger partial charge on any atom is -0.294 e. The lowest BCUT2D eigenvalue weighted by molar-refractivity contribution is 0.0994. The molecule has 4 heteroatoms. The van der Waals surface area contributed by atoms with Crippen molar-refractivity contribution in [1.82, 2.24) is 4.98 Å². The SMILES string of the molecule is O=C(Cc1c(Cl)cccc1Cl)c1ccnc2ccccc12. The highest BCUT2D eigenvalue weighted by molar-refractivity contribution is 6.36. The van der Waals surface area contributed by atoms with E-state index in [9.17, 15) is 4.79 Å². The normalized spacial score (nSPS) is 10.8. The van der Waals surface area contributed by atoms with Crippen LogP contribution in [0.15, 0.2) is 54.7 Å². The average molecular weight is 316 g/mol. The number of nitrogens with zero attached hydrogens (tertiary/aromatic N) is 1. The molecule has 0 aliphatic rings. The highest BCUT2D eigenvalue weighted by atomic mass is 35.5. The molecule has 0 aliphatic carbocycles. The van der Waals surface area contributed by atoms with Crippen LogP contribution in [-0.2, 0) is 6.42 Å². The Morgan fingerprint density at radius 3 is 2.43 bits per heavy atom. The summed E-state index contributed by atoms with van der Waals surface area (Å²) >= 11 is 12.3. The van der Waals surface area contributed by atoms with Gasteiger partial charge in [0.1, 0.15) is 0 Å². The van der Waals surface area contributed by atoms with Crippen molar-refractivity contribution in [1.29, 1.82) is 0 Å². The van der Waals surface area contributed by atoms with E-state index in [0.717, 1.165) is 10.9 Å². The molecule has 104 valence electrons. The molecular formula is C17H11Cl2NO. The van der Waals surface area contributed by atoms with E-state index in [1.165, 1.54) is 0 Å². The molecule has 0 fully saturated rings. The first-order chi connectivity index (χ1) is 10.2. The van der Waals surface area contributed by atoms with Crippen molar-refractivity contribution < 1.29 is 4.79 Å². The second-order valence-corrected chi connectivity index (χ2v) is 5.49. The maximum atomic E-state index is 12.6. The van der Waals surface area contributed by atoms with E-state index in [-0.39, 0.29) is 12.2 Å². The van der Waals surface area contributed by atoms with E-state index in [0.29, 0.717) is 21.2 Å². The van der Waals surface area contributed by atoms with Crippen LogP contribution in [-0.4, -0.2) is 10.8 Å². The molecule has 0 unspecified atom stereocenters. The number of hydrogen-bond donors (Lipinski definition) is 0. The van der Waals surface area contributed by atoms with Crippen LogP contribution < -0.4 is 0 Å². The largest absolute Gasteiger partial charge is 0.294 e. The molecule has 0 saturated heterocycles. The third-order valence-electron chi connectivity index (χ3n) is 3.35. The summed E-state index contributed by atoms with van der Waals surface area (Å²) in [5.74, 6) is -0.0244. The fourth-order valence-electron chi connectivity index (χ4n) is 2.30. The minimum absolute atomic E-state index is 0.0244. The van der Waals surface area contributed by atoms with Gasteiger partial charge in [-0.1, -0.05) is 47.5 Å². The molecule has 0 N–H and O–H groups in total. The Balaban J connectivity index is 2.02. The first-order valence-electron chi connectivity index (χ1n) is 6.46. The van der Waals surface area contributed by atoms with E-state index in [1.807, 2.05) is 24.3 Å². The van der Waals surface area contributed by atoms with Gasteiger partial charge in [0.25, 0.3) is 0 Å². The van der Waals surface area contributed by atoms with Gasteiger partial charge in [0.05, 0.1) is 5.52 Å². The predicted molar refractivity (Wildman–Crippen MR) is 86.2 cm³/mol. The first-order valence-corrected chi connectivity index (χ1v) is 7.22. The number of carbonyl (C=O) groups excluding carboxylic acids is 1. The van der Waals surface area contributed by atoms with E-state index < -0.39 is 0 Å². The summed E-state index contributed by atoms with van der Waals surface area (Å²) in [4.78, 5) is 16.8. The van der Waals surface area contributed by atoms with Gasteiger partial charge in [0.15, 0.2) is 5.78 Å². The van der Waals surface area contributed by atoms with Crippen LogP contribution in [0.25, 0.3) is 10.9 Å². The number of Topliss-reactive ketones (excluding diaryl/α,β-unsaturated/α-hetero) is 1. The Hall–Kier alpha value is -1.90. The number of aromatic nitrogens is 1. The van der Waals surface area contributed by atoms with Crippen LogP contribution in [0.5, 0.6) is 0 Å². The number of hydrogen-bond acceptors (Lipinski definition) is 2. The maximum Gasteiger partial charge on any atom is 0.168 e. The molecule has 2 nitrogen and oxygen atoms in total. The van der Waals surface area contributed by atoms with Crippen LogP contribution in [0, 0.1) is 0 Å². The van der Waals surface area contributed by atoms with Gasteiger partial charge in [-0.15, -0.1) is 0 Å². The van der Waals surface area contributed by atoms with Gasteiger partial charge in [-0.05, 0) is 29.8 Å². The average Bonchev–Trinajstić information content (AvgIpc) is 2.50. The van der Waals surface area contributed by atoms with E-state index in [1.54, 1.807) is 30.5 Å². The van der Waals surface area contributed by atoms with Gasteiger partial charge in [-0.25, -0.2) is 0 Å². The molecule has 0 atom stereocenters. The van der Waals surface area contributed by atoms with Gasteiger partial charge in [0, 0.05) is 33.6 Å². The summed E-state index contributed by atoms with van der Waals surface area (Å²) in [6, 6.07) is 14.5. The lowest BCUT2D eigenvalue weighted by Crippen LogP contribution is -2.05.